The Bertz CT molecular complexity index is 807. The van der Waals surface area contributed by atoms with Crippen molar-refractivity contribution in [3.63, 3.8) is 0 Å². The number of aliphatic hydroxyl groups is 2. The summed E-state index contributed by atoms with van der Waals surface area (Å²) in [5, 5.41) is 18.2. The van der Waals surface area contributed by atoms with E-state index in [9.17, 15) is 24.2 Å². The summed E-state index contributed by atoms with van der Waals surface area (Å²) in [6.45, 7) is 2.33. The van der Waals surface area contributed by atoms with Crippen molar-refractivity contribution in [2.24, 2.45) is 0 Å². The topological polar surface area (TPSA) is 149 Å². The molecule has 0 saturated heterocycles. The second-order valence-electron chi connectivity index (χ2n) is 12.6. The molecular formula is C36H69O10P. The molecule has 0 aromatic heterocycles. The molecule has 0 fully saturated rings. The minimum absolute atomic E-state index is 0.178. The highest BCUT2D eigenvalue weighted by atomic mass is 31.2. The molecule has 0 bridgehead atoms. The van der Waals surface area contributed by atoms with Gasteiger partial charge in [0.2, 0.25) is 0 Å². The molecule has 0 rings (SSSR count). The maximum Gasteiger partial charge on any atom is 0.472 e. The average molecular weight is 693 g/mol. The number of phosphoric acid groups is 1. The van der Waals surface area contributed by atoms with E-state index in [0.717, 1.165) is 57.8 Å². The number of rotatable bonds is 35. The number of hydrogen-bond acceptors (Lipinski definition) is 9. The summed E-state index contributed by atoms with van der Waals surface area (Å²) in [6.07, 6.45) is 27.6. The standard InChI is InChI=1S/C36H69O10P/c1-3-5-7-9-11-13-15-16-17-18-20-22-24-26-28-36(40)46-34(32-45-47(41,42)44-30-33(38)29-37)31-43-35(39)27-25-23-21-19-14-12-10-8-6-4-2/h15-16,33-34,37-38H,3-14,17-32H2,1-2H3,(H,41,42)/b16-15-. The predicted octanol–water partition coefficient (Wildman–Crippen LogP) is 8.89. The van der Waals surface area contributed by atoms with E-state index in [2.05, 4.69) is 30.5 Å². The van der Waals surface area contributed by atoms with Crippen LogP contribution in [0.4, 0.5) is 0 Å². The molecule has 0 aliphatic heterocycles. The first-order chi connectivity index (χ1) is 22.7. The van der Waals surface area contributed by atoms with Gasteiger partial charge in [-0.2, -0.15) is 0 Å². The van der Waals surface area contributed by atoms with Gasteiger partial charge in [-0.25, -0.2) is 4.57 Å². The summed E-state index contributed by atoms with van der Waals surface area (Å²) in [5.74, 6) is -0.933. The zero-order valence-corrected chi connectivity index (χ0v) is 30.6. The van der Waals surface area contributed by atoms with Gasteiger partial charge in [-0.3, -0.25) is 18.6 Å². The van der Waals surface area contributed by atoms with Gasteiger partial charge in [0.05, 0.1) is 19.8 Å². The lowest BCUT2D eigenvalue weighted by atomic mass is 10.1. The van der Waals surface area contributed by atoms with E-state index in [1.54, 1.807) is 0 Å². The van der Waals surface area contributed by atoms with E-state index >= 15 is 0 Å². The van der Waals surface area contributed by atoms with Crippen molar-refractivity contribution in [3.8, 4) is 0 Å². The van der Waals surface area contributed by atoms with Gasteiger partial charge in [0, 0.05) is 12.8 Å². The van der Waals surface area contributed by atoms with Crippen LogP contribution in [0, 0.1) is 0 Å². The molecule has 0 aliphatic carbocycles. The first-order valence-corrected chi connectivity index (χ1v) is 20.1. The number of unbranched alkanes of at least 4 members (excludes halogenated alkanes) is 19. The molecule has 0 amide bonds. The Kier molecular flexibility index (Phi) is 32.3. The van der Waals surface area contributed by atoms with Crippen LogP contribution in [-0.4, -0.2) is 65.7 Å². The fourth-order valence-corrected chi connectivity index (χ4v) is 5.78. The molecule has 0 aromatic carbocycles. The molecule has 10 nitrogen and oxygen atoms in total. The van der Waals surface area contributed by atoms with Crippen LogP contribution < -0.4 is 0 Å². The molecule has 3 atom stereocenters. The minimum Gasteiger partial charge on any atom is -0.462 e. The lowest BCUT2D eigenvalue weighted by Crippen LogP contribution is -2.29. The first kappa shape index (κ1) is 45.7. The summed E-state index contributed by atoms with van der Waals surface area (Å²) in [4.78, 5) is 34.7. The van der Waals surface area contributed by atoms with Gasteiger partial charge < -0.3 is 24.6 Å². The third-order valence-electron chi connectivity index (χ3n) is 7.92. The Balaban J connectivity index is 4.38. The summed E-state index contributed by atoms with van der Waals surface area (Å²) in [6, 6.07) is 0. The van der Waals surface area contributed by atoms with E-state index in [-0.39, 0.29) is 19.4 Å². The number of aliphatic hydroxyl groups excluding tert-OH is 2. The molecule has 47 heavy (non-hydrogen) atoms. The fourth-order valence-electron chi connectivity index (χ4n) is 4.99. The van der Waals surface area contributed by atoms with Crippen LogP contribution in [0.1, 0.15) is 168 Å². The zero-order chi connectivity index (χ0) is 34.9. The molecule has 0 spiro atoms. The van der Waals surface area contributed by atoms with Gasteiger partial charge in [-0.1, -0.05) is 129 Å². The number of phosphoric ester groups is 1. The molecule has 278 valence electrons. The molecule has 0 saturated carbocycles. The molecule has 3 N–H and O–H groups in total. The Labute approximate surface area is 286 Å². The van der Waals surface area contributed by atoms with Gasteiger partial charge >= 0.3 is 19.8 Å². The highest BCUT2D eigenvalue weighted by Crippen LogP contribution is 2.43. The highest BCUT2D eigenvalue weighted by Gasteiger charge is 2.27. The normalized spacial score (nSPS) is 14.2. The molecule has 0 radical (unpaired) electrons. The van der Waals surface area contributed by atoms with Gasteiger partial charge in [0.1, 0.15) is 12.7 Å². The predicted molar refractivity (Wildman–Crippen MR) is 187 cm³/mol. The number of carbonyl (C=O) groups is 2. The molecule has 3 unspecified atom stereocenters. The van der Waals surface area contributed by atoms with Crippen molar-refractivity contribution in [3.05, 3.63) is 12.2 Å². The van der Waals surface area contributed by atoms with Crippen LogP contribution >= 0.6 is 7.82 Å². The smallest absolute Gasteiger partial charge is 0.462 e. The summed E-state index contributed by atoms with van der Waals surface area (Å²) >= 11 is 0. The maximum absolute atomic E-state index is 12.5. The lowest BCUT2D eigenvalue weighted by molar-refractivity contribution is -0.161. The lowest BCUT2D eigenvalue weighted by Gasteiger charge is -2.20. The maximum atomic E-state index is 12.5. The van der Waals surface area contributed by atoms with Gasteiger partial charge in [-0.15, -0.1) is 0 Å². The van der Waals surface area contributed by atoms with Crippen molar-refractivity contribution in [1.29, 1.82) is 0 Å². The largest absolute Gasteiger partial charge is 0.472 e. The minimum atomic E-state index is -4.60. The molecule has 0 aromatic rings. The second kappa shape index (κ2) is 33.2. The van der Waals surface area contributed by atoms with Crippen molar-refractivity contribution in [2.45, 2.75) is 180 Å². The third-order valence-corrected chi connectivity index (χ3v) is 8.87. The van der Waals surface area contributed by atoms with Crippen LogP contribution in [0.5, 0.6) is 0 Å². The summed E-state index contributed by atoms with van der Waals surface area (Å²) in [7, 11) is -4.60. The van der Waals surface area contributed by atoms with Crippen LogP contribution in [-0.2, 0) is 32.7 Å². The van der Waals surface area contributed by atoms with Crippen LogP contribution in [0.2, 0.25) is 0 Å². The first-order valence-electron chi connectivity index (χ1n) is 18.6. The SMILES string of the molecule is CCCCCCC/C=C\CCCCCCCC(=O)OC(COC(=O)CCCCCCCCCCCC)COP(=O)(O)OCC(O)CO. The van der Waals surface area contributed by atoms with Crippen molar-refractivity contribution >= 4 is 19.8 Å². The molecular weight excluding hydrogens is 623 g/mol. The van der Waals surface area contributed by atoms with E-state index in [4.69, 9.17) is 19.1 Å². The average Bonchev–Trinajstić information content (AvgIpc) is 3.05. The van der Waals surface area contributed by atoms with E-state index in [1.807, 2.05) is 0 Å². The van der Waals surface area contributed by atoms with E-state index in [1.165, 1.54) is 70.6 Å². The van der Waals surface area contributed by atoms with Gasteiger partial charge in [0.25, 0.3) is 0 Å². The fraction of sp³-hybridized carbons (Fsp3) is 0.889. The highest BCUT2D eigenvalue weighted by molar-refractivity contribution is 7.47. The van der Waals surface area contributed by atoms with Crippen LogP contribution in [0.25, 0.3) is 0 Å². The van der Waals surface area contributed by atoms with E-state index < -0.39 is 51.8 Å². The summed E-state index contributed by atoms with van der Waals surface area (Å²) in [5.41, 5.74) is 0. The van der Waals surface area contributed by atoms with Crippen LogP contribution in [0.15, 0.2) is 12.2 Å². The quantitative estimate of drug-likeness (QED) is 0.0254. The van der Waals surface area contributed by atoms with Gasteiger partial charge in [0.15, 0.2) is 6.10 Å². The zero-order valence-electron chi connectivity index (χ0n) is 29.8. The van der Waals surface area contributed by atoms with Crippen LogP contribution in [0.3, 0.4) is 0 Å². The monoisotopic (exact) mass is 692 g/mol. The van der Waals surface area contributed by atoms with E-state index in [0.29, 0.717) is 12.8 Å². The van der Waals surface area contributed by atoms with Crippen molar-refractivity contribution < 1.29 is 47.8 Å². The van der Waals surface area contributed by atoms with Crippen molar-refractivity contribution in [1.82, 2.24) is 0 Å². The van der Waals surface area contributed by atoms with Gasteiger partial charge in [-0.05, 0) is 38.5 Å². The molecule has 0 heterocycles. The third kappa shape index (κ3) is 33.0. The second-order valence-corrected chi connectivity index (χ2v) is 14.1. The van der Waals surface area contributed by atoms with Crippen molar-refractivity contribution in [2.75, 3.05) is 26.4 Å². The summed E-state index contributed by atoms with van der Waals surface area (Å²) < 4.78 is 32.5. The molecule has 0 aliphatic rings. The Hall–Kier alpha value is -1.29. The number of esters is 2. The number of allylic oxidation sites excluding steroid dienone is 2. The Morgan fingerprint density at radius 2 is 1.04 bits per heavy atom. The number of carbonyl (C=O) groups excluding carboxylic acids is 2. The molecule has 11 heteroatoms. The number of ether oxygens (including phenoxy) is 2. The Morgan fingerprint density at radius 1 is 0.617 bits per heavy atom. The Morgan fingerprint density at radius 3 is 1.53 bits per heavy atom. The number of hydrogen-bond donors (Lipinski definition) is 3.